The van der Waals surface area contributed by atoms with Crippen LogP contribution in [0.2, 0.25) is 5.02 Å². The molecule has 0 radical (unpaired) electrons. The number of amides is 1. The second kappa shape index (κ2) is 6.35. The Kier molecular flexibility index (Phi) is 4.14. The molecule has 1 amide bonds. The van der Waals surface area contributed by atoms with Gasteiger partial charge in [0.1, 0.15) is 11.4 Å². The molecule has 0 atom stereocenters. The Morgan fingerprint density at radius 1 is 1.35 bits per heavy atom. The fourth-order valence-corrected chi connectivity index (χ4v) is 3.04. The first-order chi connectivity index (χ1) is 12.4. The Bertz CT molecular complexity index is 861. The number of hydrogen-bond donors (Lipinski definition) is 0. The van der Waals surface area contributed by atoms with Crippen molar-refractivity contribution in [2.24, 2.45) is 0 Å². The molecule has 1 spiro atoms. The van der Waals surface area contributed by atoms with Gasteiger partial charge >= 0.3 is 12.7 Å². The highest BCUT2D eigenvalue weighted by molar-refractivity contribution is 6.32. The number of halogens is 3. The van der Waals surface area contributed by atoms with Gasteiger partial charge in [-0.1, -0.05) is 17.7 Å². The lowest BCUT2D eigenvalue weighted by molar-refractivity contribution is -0.0497. The Morgan fingerprint density at radius 2 is 2.15 bits per heavy atom. The molecule has 26 heavy (non-hydrogen) atoms. The molecule has 2 heterocycles. The minimum absolute atomic E-state index is 0.0766. The highest BCUT2D eigenvalue weighted by Crippen LogP contribution is 2.44. The van der Waals surface area contributed by atoms with Crippen LogP contribution in [0.3, 0.4) is 0 Å². The van der Waals surface area contributed by atoms with E-state index in [2.05, 4.69) is 14.7 Å². The molecule has 6 nitrogen and oxygen atoms in total. The summed E-state index contributed by atoms with van der Waals surface area (Å²) in [7, 11) is 0. The Balaban J connectivity index is 1.55. The zero-order valence-electron chi connectivity index (χ0n) is 13.5. The maximum atomic E-state index is 12.5. The van der Waals surface area contributed by atoms with Crippen LogP contribution in [0.5, 0.6) is 5.75 Å². The van der Waals surface area contributed by atoms with Crippen LogP contribution in [-0.2, 0) is 11.3 Å². The molecule has 1 aromatic carbocycles. The zero-order valence-corrected chi connectivity index (χ0v) is 14.2. The maximum Gasteiger partial charge on any atom is 0.410 e. The van der Waals surface area contributed by atoms with Crippen LogP contribution in [-0.4, -0.2) is 39.7 Å². The summed E-state index contributed by atoms with van der Waals surface area (Å²) in [5, 5.41) is 0.0766. The number of carbonyl (C=O) groups excluding carboxylic acids is 1. The normalized spacial score (nSPS) is 17.7. The number of ether oxygens (including phenoxy) is 2. The number of alkyl halides is 2. The first kappa shape index (κ1) is 17.0. The molecule has 2 aliphatic rings. The third kappa shape index (κ3) is 3.41. The van der Waals surface area contributed by atoms with Crippen molar-refractivity contribution in [1.82, 2.24) is 14.9 Å². The highest BCUT2D eigenvalue weighted by atomic mass is 35.5. The van der Waals surface area contributed by atoms with Gasteiger partial charge in [-0.25, -0.2) is 9.78 Å². The topological polar surface area (TPSA) is 64.5 Å². The summed E-state index contributed by atoms with van der Waals surface area (Å²) in [5.74, 6) is -0.134. The van der Waals surface area contributed by atoms with Crippen LogP contribution in [0.25, 0.3) is 11.3 Å². The highest BCUT2D eigenvalue weighted by Gasteiger charge is 2.54. The standard InChI is InChI=1S/C17H14ClF2N3O3/c18-12-2-1-10(5-14(12)25-15(19)20)13-7-21-6-11(22-13)8-23-9-17(3-4-17)26-16(23)24/h1-2,5-7,15H,3-4,8-9H2. The summed E-state index contributed by atoms with van der Waals surface area (Å²) in [5.41, 5.74) is 1.26. The van der Waals surface area contributed by atoms with Crippen molar-refractivity contribution in [3.05, 3.63) is 41.3 Å². The van der Waals surface area contributed by atoms with Gasteiger partial charge in [-0.05, 0) is 25.0 Å². The van der Waals surface area contributed by atoms with Gasteiger partial charge in [-0.2, -0.15) is 8.78 Å². The monoisotopic (exact) mass is 381 g/mol. The van der Waals surface area contributed by atoms with E-state index in [-0.39, 0.29) is 29.0 Å². The van der Waals surface area contributed by atoms with E-state index >= 15 is 0 Å². The third-order valence-corrected chi connectivity index (χ3v) is 4.64. The average molecular weight is 382 g/mol. The van der Waals surface area contributed by atoms with Crippen LogP contribution >= 0.6 is 11.6 Å². The summed E-state index contributed by atoms with van der Waals surface area (Å²) in [6.45, 7) is -2.16. The Labute approximate surface area is 152 Å². The summed E-state index contributed by atoms with van der Waals surface area (Å²) in [4.78, 5) is 22.1. The number of hydrogen-bond acceptors (Lipinski definition) is 5. The molecule has 1 aliphatic heterocycles. The van der Waals surface area contributed by atoms with Gasteiger partial charge in [0.2, 0.25) is 0 Å². The predicted octanol–water partition coefficient (Wildman–Crippen LogP) is 3.88. The van der Waals surface area contributed by atoms with Gasteiger partial charge in [-0.15, -0.1) is 0 Å². The van der Waals surface area contributed by atoms with Crippen molar-refractivity contribution in [3.63, 3.8) is 0 Å². The summed E-state index contributed by atoms with van der Waals surface area (Å²) >= 11 is 5.87. The van der Waals surface area contributed by atoms with Crippen LogP contribution in [0, 0.1) is 0 Å². The average Bonchev–Trinajstić information content (AvgIpc) is 3.27. The third-order valence-electron chi connectivity index (χ3n) is 4.33. The number of rotatable bonds is 5. The minimum atomic E-state index is -2.98. The lowest BCUT2D eigenvalue weighted by Crippen LogP contribution is -2.25. The fraction of sp³-hybridized carbons (Fsp3) is 0.353. The lowest BCUT2D eigenvalue weighted by Gasteiger charge is -2.13. The van der Waals surface area contributed by atoms with E-state index in [0.29, 0.717) is 23.5 Å². The van der Waals surface area contributed by atoms with Gasteiger partial charge in [0.25, 0.3) is 0 Å². The first-order valence-corrected chi connectivity index (χ1v) is 8.35. The molecule has 136 valence electrons. The molecule has 1 aromatic heterocycles. The maximum absolute atomic E-state index is 12.5. The van der Waals surface area contributed by atoms with E-state index in [1.807, 2.05) is 0 Å². The summed E-state index contributed by atoms with van der Waals surface area (Å²) in [6, 6.07) is 4.47. The zero-order chi connectivity index (χ0) is 18.3. The molecule has 9 heteroatoms. The largest absolute Gasteiger partial charge is 0.441 e. The first-order valence-electron chi connectivity index (χ1n) is 7.98. The van der Waals surface area contributed by atoms with Crippen LogP contribution in [0.15, 0.2) is 30.6 Å². The molecule has 0 unspecified atom stereocenters. The predicted molar refractivity (Wildman–Crippen MR) is 88.0 cm³/mol. The quantitative estimate of drug-likeness (QED) is 0.786. The van der Waals surface area contributed by atoms with Crippen molar-refractivity contribution in [3.8, 4) is 17.0 Å². The van der Waals surface area contributed by atoms with E-state index in [1.54, 1.807) is 17.2 Å². The lowest BCUT2D eigenvalue weighted by atomic mass is 10.1. The molecular weight excluding hydrogens is 368 g/mol. The smallest absolute Gasteiger partial charge is 0.410 e. The number of carbonyl (C=O) groups is 1. The van der Waals surface area contributed by atoms with E-state index in [0.717, 1.165) is 12.8 Å². The van der Waals surface area contributed by atoms with Crippen molar-refractivity contribution >= 4 is 17.7 Å². The van der Waals surface area contributed by atoms with E-state index in [1.165, 1.54) is 18.3 Å². The molecule has 0 N–H and O–H groups in total. The van der Waals surface area contributed by atoms with E-state index in [9.17, 15) is 13.6 Å². The summed E-state index contributed by atoms with van der Waals surface area (Å²) in [6.07, 6.45) is 4.48. The van der Waals surface area contributed by atoms with Gasteiger partial charge in [0, 0.05) is 5.56 Å². The molecule has 2 aromatic rings. The van der Waals surface area contributed by atoms with Crippen LogP contribution in [0.4, 0.5) is 13.6 Å². The van der Waals surface area contributed by atoms with Crippen molar-refractivity contribution in [2.75, 3.05) is 6.54 Å². The van der Waals surface area contributed by atoms with Crippen molar-refractivity contribution < 1.29 is 23.0 Å². The van der Waals surface area contributed by atoms with Crippen molar-refractivity contribution in [1.29, 1.82) is 0 Å². The second-order valence-electron chi connectivity index (χ2n) is 6.33. The van der Waals surface area contributed by atoms with E-state index in [4.69, 9.17) is 16.3 Å². The number of aromatic nitrogens is 2. The van der Waals surface area contributed by atoms with Gasteiger partial charge < -0.3 is 9.47 Å². The minimum Gasteiger partial charge on any atom is -0.441 e. The van der Waals surface area contributed by atoms with Crippen LogP contribution < -0.4 is 4.74 Å². The summed E-state index contributed by atoms with van der Waals surface area (Å²) < 4.78 is 34.7. The molecular formula is C17H14ClF2N3O3. The fourth-order valence-electron chi connectivity index (χ4n) is 2.88. The molecule has 2 fully saturated rings. The Morgan fingerprint density at radius 3 is 2.85 bits per heavy atom. The van der Waals surface area contributed by atoms with Crippen LogP contribution in [0.1, 0.15) is 18.5 Å². The molecule has 0 bridgehead atoms. The van der Waals surface area contributed by atoms with Crippen molar-refractivity contribution in [2.45, 2.75) is 31.6 Å². The number of nitrogens with zero attached hydrogens (tertiary/aromatic N) is 3. The molecule has 4 rings (SSSR count). The van der Waals surface area contributed by atoms with E-state index < -0.39 is 6.61 Å². The molecule has 1 saturated heterocycles. The van der Waals surface area contributed by atoms with Gasteiger partial charge in [0.15, 0.2) is 0 Å². The number of benzene rings is 1. The Hall–Kier alpha value is -2.48. The molecule has 1 saturated carbocycles. The second-order valence-corrected chi connectivity index (χ2v) is 6.73. The van der Waals surface area contributed by atoms with Gasteiger partial charge in [0.05, 0.1) is 41.9 Å². The molecule has 1 aliphatic carbocycles. The SMILES string of the molecule is O=C1OC2(CC2)CN1Cc1cncc(-c2ccc(Cl)c(OC(F)F)c2)n1. The van der Waals surface area contributed by atoms with Gasteiger partial charge in [-0.3, -0.25) is 9.88 Å².